The van der Waals surface area contributed by atoms with Crippen molar-refractivity contribution in [2.45, 2.75) is 75.1 Å². The second-order valence-corrected chi connectivity index (χ2v) is 17.5. The van der Waals surface area contributed by atoms with Crippen molar-refractivity contribution in [2.75, 3.05) is 34.0 Å². The Bertz CT molecular complexity index is 2660. The number of nitriles is 1. The van der Waals surface area contributed by atoms with Crippen LogP contribution < -0.4 is 32.0 Å². The van der Waals surface area contributed by atoms with Gasteiger partial charge >= 0.3 is 19.0 Å². The minimum absolute atomic E-state index is 0.0587. The number of aromatic amines is 2. The molecule has 3 N–H and O–H groups in total. The molecule has 0 radical (unpaired) electrons. The third kappa shape index (κ3) is 9.41. The molecular weight excluding hydrogens is 837 g/mol. The second kappa shape index (κ2) is 19.2. The van der Waals surface area contributed by atoms with Crippen LogP contribution in [0, 0.1) is 25.2 Å². The minimum Gasteiger partial charge on any atom is -0.497 e. The zero-order valence-electron chi connectivity index (χ0n) is 35.0. The topological polar surface area (TPSA) is 235 Å². The molecule has 2 aliphatic heterocycles. The van der Waals surface area contributed by atoms with Gasteiger partial charge in [0, 0.05) is 36.4 Å². The molecule has 18 nitrogen and oxygen atoms in total. The smallest absolute Gasteiger partial charge is 0.336 e. The Morgan fingerprint density at radius 3 is 1.78 bits per heavy atom. The maximum absolute atomic E-state index is 15.4. The van der Waals surface area contributed by atoms with Gasteiger partial charge in [-0.15, -0.1) is 0 Å². The summed E-state index contributed by atoms with van der Waals surface area (Å²) >= 11 is 0. The summed E-state index contributed by atoms with van der Waals surface area (Å²) in [6.07, 6.45) is -3.23. The highest BCUT2D eigenvalue weighted by Gasteiger charge is 2.52. The fraction of sp³-hybridized carbons (Fsp3) is 0.386. The number of hydrogen-bond acceptors (Lipinski definition) is 14. The Kier molecular flexibility index (Phi) is 13.8. The minimum atomic E-state index is -4.44. The van der Waals surface area contributed by atoms with Gasteiger partial charge < -0.3 is 37.8 Å². The molecule has 0 saturated carbocycles. The standard InChI is InChI=1S/C44H48N5O13P/c1-27-23-48(42(53)46-40(27)51)38-21-34(50)35(61-38)26-60-63(55,59-20-8-19-45)37-22-39(49-24-28(2)41(52)47-43(49)54)62-36(37)25-58-44(29-9-6-5-7-10-29,30-11-15-32(56-3)16-12-30)31-13-17-33(57-4)18-14-31/h5-7,9-18,23-24,34-39,50H,8,20-22,25-26H2,1-4H3,(H,46,51,53)(H,47,52,54)/t34-,35+,36+,37-,38+,39+,63?/m0/s1. The summed E-state index contributed by atoms with van der Waals surface area (Å²) < 4.78 is 60.7. The predicted molar refractivity (Wildman–Crippen MR) is 227 cm³/mol. The van der Waals surface area contributed by atoms with E-state index < -0.39 is 78.7 Å². The average molecular weight is 886 g/mol. The highest BCUT2D eigenvalue weighted by Crippen LogP contribution is 2.60. The number of hydrogen-bond donors (Lipinski definition) is 3. The van der Waals surface area contributed by atoms with Crippen LogP contribution in [0.15, 0.2) is 110 Å². The van der Waals surface area contributed by atoms with Crippen LogP contribution in [-0.2, 0) is 33.4 Å². The van der Waals surface area contributed by atoms with Crippen LogP contribution in [0.3, 0.4) is 0 Å². The van der Waals surface area contributed by atoms with Gasteiger partial charge in [-0.2, -0.15) is 5.26 Å². The van der Waals surface area contributed by atoms with Crippen LogP contribution in [-0.4, -0.2) is 82.2 Å². The molecule has 7 atom stereocenters. The molecule has 3 aromatic carbocycles. The van der Waals surface area contributed by atoms with E-state index in [9.17, 15) is 29.5 Å². The van der Waals surface area contributed by atoms with E-state index in [0.29, 0.717) is 22.6 Å². The molecule has 4 heterocycles. The average Bonchev–Trinajstić information content (AvgIpc) is 3.90. The van der Waals surface area contributed by atoms with Gasteiger partial charge in [-0.05, 0) is 54.8 Å². The van der Waals surface area contributed by atoms with E-state index in [-0.39, 0.29) is 43.6 Å². The summed E-state index contributed by atoms with van der Waals surface area (Å²) in [4.78, 5) is 54.9. The third-order valence-electron chi connectivity index (χ3n) is 11.3. The summed E-state index contributed by atoms with van der Waals surface area (Å²) in [5.74, 6) is 1.21. The number of aliphatic hydroxyl groups excluding tert-OH is 1. The second-order valence-electron chi connectivity index (χ2n) is 15.2. The number of methoxy groups -OCH3 is 2. The lowest BCUT2D eigenvalue weighted by Gasteiger charge is -2.37. The van der Waals surface area contributed by atoms with E-state index >= 15 is 4.57 Å². The number of aliphatic hydroxyl groups is 1. The van der Waals surface area contributed by atoms with Crippen LogP contribution in [0.25, 0.3) is 0 Å². The number of aryl methyl sites for hydroxylation is 2. The van der Waals surface area contributed by atoms with Crippen molar-refractivity contribution < 1.29 is 42.4 Å². The molecule has 0 spiro atoms. The Labute approximate surface area is 361 Å². The molecule has 0 amide bonds. The van der Waals surface area contributed by atoms with E-state index in [2.05, 4.69) is 9.97 Å². The van der Waals surface area contributed by atoms with Crippen molar-refractivity contribution in [2.24, 2.45) is 0 Å². The van der Waals surface area contributed by atoms with Crippen molar-refractivity contribution in [3.8, 4) is 17.6 Å². The number of nitrogens with zero attached hydrogens (tertiary/aromatic N) is 3. The Hall–Kier alpha value is -5.90. The lowest BCUT2D eigenvalue weighted by atomic mass is 9.80. The fourth-order valence-electron chi connectivity index (χ4n) is 7.91. The summed E-state index contributed by atoms with van der Waals surface area (Å²) in [5, 5.41) is 20.6. The number of benzene rings is 3. The number of ether oxygens (including phenoxy) is 5. The van der Waals surface area contributed by atoms with E-state index in [0.717, 1.165) is 10.1 Å². The van der Waals surface area contributed by atoms with Gasteiger partial charge in [0.15, 0.2) is 0 Å². The quantitative estimate of drug-likeness (QED) is 0.0676. The highest BCUT2D eigenvalue weighted by molar-refractivity contribution is 7.54. The first-order valence-electron chi connectivity index (χ1n) is 20.2. The van der Waals surface area contributed by atoms with Crippen molar-refractivity contribution in [1.29, 1.82) is 5.26 Å². The maximum Gasteiger partial charge on any atom is 0.336 e. The number of aromatic nitrogens is 4. The van der Waals surface area contributed by atoms with E-state index in [1.807, 2.05) is 60.7 Å². The molecule has 0 bridgehead atoms. The largest absolute Gasteiger partial charge is 0.497 e. The lowest BCUT2D eigenvalue weighted by molar-refractivity contribution is -0.0784. The Morgan fingerprint density at radius 1 is 0.746 bits per heavy atom. The van der Waals surface area contributed by atoms with Gasteiger partial charge in [0.25, 0.3) is 11.1 Å². The molecule has 7 rings (SSSR count). The van der Waals surface area contributed by atoms with Crippen molar-refractivity contribution in [3.63, 3.8) is 0 Å². The summed E-state index contributed by atoms with van der Waals surface area (Å²) in [5.41, 5.74) is -2.58. The lowest BCUT2D eigenvalue weighted by Crippen LogP contribution is -2.38. The molecule has 332 valence electrons. The third-order valence-corrected chi connectivity index (χ3v) is 13.7. The van der Waals surface area contributed by atoms with Gasteiger partial charge in [0.2, 0.25) is 0 Å². The monoisotopic (exact) mass is 885 g/mol. The van der Waals surface area contributed by atoms with Crippen molar-refractivity contribution >= 4 is 7.60 Å². The number of nitrogens with one attached hydrogen (secondary N) is 2. The molecule has 19 heteroatoms. The molecule has 2 saturated heterocycles. The predicted octanol–water partition coefficient (Wildman–Crippen LogP) is 4.17. The first kappa shape index (κ1) is 45.1. The van der Waals surface area contributed by atoms with Gasteiger partial charge in [-0.3, -0.25) is 33.3 Å². The Balaban J connectivity index is 1.28. The number of H-pyrrole nitrogens is 2. The van der Waals surface area contributed by atoms with Gasteiger partial charge in [0.1, 0.15) is 35.7 Å². The summed E-state index contributed by atoms with van der Waals surface area (Å²) in [7, 11) is -1.32. The maximum atomic E-state index is 15.4. The highest BCUT2D eigenvalue weighted by atomic mass is 31.2. The van der Waals surface area contributed by atoms with E-state index in [1.54, 1.807) is 38.5 Å². The molecule has 1 unspecified atom stereocenters. The van der Waals surface area contributed by atoms with Gasteiger partial charge in [0.05, 0.1) is 64.4 Å². The van der Waals surface area contributed by atoms with E-state index in [1.165, 1.54) is 30.8 Å². The van der Waals surface area contributed by atoms with Crippen molar-refractivity contribution in [1.82, 2.24) is 19.1 Å². The molecule has 2 aromatic heterocycles. The summed E-state index contributed by atoms with van der Waals surface area (Å²) in [6, 6.07) is 26.1. The van der Waals surface area contributed by atoms with Crippen LogP contribution >= 0.6 is 7.60 Å². The Morgan fingerprint density at radius 2 is 1.25 bits per heavy atom. The molecular formula is C44H48N5O13P. The number of rotatable bonds is 17. The fourth-order valence-corrected chi connectivity index (χ4v) is 10.1. The van der Waals surface area contributed by atoms with Gasteiger partial charge in [-0.1, -0.05) is 54.6 Å². The summed E-state index contributed by atoms with van der Waals surface area (Å²) in [6.45, 7) is 1.97. The first-order chi connectivity index (χ1) is 30.3. The molecule has 5 aromatic rings. The van der Waals surface area contributed by atoms with Crippen molar-refractivity contribution in [3.05, 3.63) is 161 Å². The molecule has 0 aliphatic carbocycles. The SMILES string of the molecule is COc1ccc(C(OC[C@H]2O[C@@H](n3cc(C)c(=O)[nH]c3=O)C[C@@H]2P(=O)(OCCC#N)OC[C@H]2O[C@@H](n3cc(C)c(=O)[nH]c3=O)C[C@@H]2O)(c2ccccc2)c2ccc(OC)cc2)cc1. The molecule has 2 aliphatic rings. The first-order valence-corrected chi connectivity index (χ1v) is 21.8. The molecule has 63 heavy (non-hydrogen) atoms. The van der Waals surface area contributed by atoms with Crippen LogP contribution in [0.4, 0.5) is 0 Å². The van der Waals surface area contributed by atoms with Crippen LogP contribution in [0.1, 0.15) is 59.5 Å². The zero-order chi connectivity index (χ0) is 44.9. The zero-order valence-corrected chi connectivity index (χ0v) is 35.9. The van der Waals surface area contributed by atoms with Gasteiger partial charge in [-0.25, -0.2) is 9.59 Å². The normalized spacial score (nSPS) is 22.0. The van der Waals surface area contributed by atoms with E-state index in [4.69, 9.17) is 32.7 Å². The van der Waals surface area contributed by atoms with Crippen LogP contribution in [0.5, 0.6) is 11.5 Å². The van der Waals surface area contributed by atoms with Crippen LogP contribution in [0.2, 0.25) is 0 Å². The molecule has 2 fully saturated rings.